The summed E-state index contributed by atoms with van der Waals surface area (Å²) in [6.45, 7) is 1.09. The predicted octanol–water partition coefficient (Wildman–Crippen LogP) is 1.29. The predicted molar refractivity (Wildman–Crippen MR) is 99.8 cm³/mol. The van der Waals surface area contributed by atoms with Crippen LogP contribution in [-0.4, -0.2) is 66.8 Å². The van der Waals surface area contributed by atoms with Crippen LogP contribution < -0.4 is 0 Å². The average molecular weight is 437 g/mol. The summed E-state index contributed by atoms with van der Waals surface area (Å²) < 4.78 is 28.4. The normalized spacial score (nSPS) is 33.2. The van der Waals surface area contributed by atoms with Crippen molar-refractivity contribution in [2.75, 3.05) is 13.1 Å². The average Bonchev–Trinajstić information content (AvgIpc) is 3.23. The van der Waals surface area contributed by atoms with E-state index in [2.05, 4.69) is 30.8 Å². The first-order valence-electron chi connectivity index (χ1n) is 8.61. The number of halogens is 1. The minimum Gasteiger partial charge on any atom is -0.354 e. The molecule has 2 fully saturated rings. The quantitative estimate of drug-likeness (QED) is 0.699. The maximum Gasteiger partial charge on any atom is 0.243 e. The zero-order chi connectivity index (χ0) is 18.1. The Morgan fingerprint density at radius 1 is 1.12 bits per heavy atom. The molecule has 1 aromatic rings. The molecule has 1 aromatic carbocycles. The Morgan fingerprint density at radius 2 is 1.88 bits per heavy atom. The van der Waals surface area contributed by atoms with Gasteiger partial charge in [-0.1, -0.05) is 15.9 Å². The number of rotatable bonds is 2. The SMILES string of the molecule is O=C1CC2C=NC1N=C2N1CC2CC1CN2S(=O)(=O)c1ccc(Br)cc1. The third-order valence-corrected chi connectivity index (χ3v) is 8.07. The monoisotopic (exact) mass is 436 g/mol. The van der Waals surface area contributed by atoms with E-state index in [-0.39, 0.29) is 23.8 Å². The molecular weight excluding hydrogens is 420 g/mol. The number of carbonyl (C=O) groups excluding carboxylic acids is 1. The van der Waals surface area contributed by atoms with Gasteiger partial charge >= 0.3 is 0 Å². The molecule has 0 aliphatic carbocycles. The molecule has 4 atom stereocenters. The van der Waals surface area contributed by atoms with Gasteiger partial charge in [0.15, 0.2) is 11.9 Å². The number of sulfonamides is 1. The van der Waals surface area contributed by atoms with Gasteiger partial charge in [0.2, 0.25) is 10.0 Å². The fourth-order valence-corrected chi connectivity index (χ4v) is 6.29. The summed E-state index contributed by atoms with van der Waals surface area (Å²) in [5, 5.41) is 0. The Morgan fingerprint density at radius 3 is 2.46 bits per heavy atom. The van der Waals surface area contributed by atoms with Gasteiger partial charge in [0, 0.05) is 42.3 Å². The van der Waals surface area contributed by atoms with E-state index < -0.39 is 16.2 Å². The van der Waals surface area contributed by atoms with E-state index in [1.807, 2.05) is 6.21 Å². The number of piperazine rings is 1. The Labute approximate surface area is 160 Å². The summed E-state index contributed by atoms with van der Waals surface area (Å²) in [7, 11) is -3.49. The molecule has 0 aromatic heterocycles. The number of hydrogen-bond donors (Lipinski definition) is 0. The van der Waals surface area contributed by atoms with Crippen LogP contribution in [0, 0.1) is 5.92 Å². The maximum atomic E-state index is 13.0. The van der Waals surface area contributed by atoms with Gasteiger partial charge in [0.05, 0.1) is 10.8 Å². The minimum atomic E-state index is -3.49. The smallest absolute Gasteiger partial charge is 0.243 e. The number of nitrogens with zero attached hydrogens (tertiary/aromatic N) is 4. The first kappa shape index (κ1) is 16.6. The van der Waals surface area contributed by atoms with Crippen molar-refractivity contribution in [2.45, 2.75) is 36.0 Å². The summed E-state index contributed by atoms with van der Waals surface area (Å²) in [5.41, 5.74) is 0. The lowest BCUT2D eigenvalue weighted by Gasteiger charge is -2.40. The van der Waals surface area contributed by atoms with Gasteiger partial charge in [-0.2, -0.15) is 4.31 Å². The molecular formula is C17H17BrN4O3S. The number of carbonyl (C=O) groups is 1. The molecule has 0 amide bonds. The van der Waals surface area contributed by atoms with Crippen molar-refractivity contribution < 1.29 is 13.2 Å². The van der Waals surface area contributed by atoms with E-state index in [1.165, 1.54) is 0 Å². The van der Waals surface area contributed by atoms with Gasteiger partial charge < -0.3 is 4.90 Å². The van der Waals surface area contributed by atoms with Gasteiger partial charge in [-0.05, 0) is 30.7 Å². The number of Topliss-reactive ketones (excluding diaryl/α,β-unsaturated/α-hetero) is 1. The van der Waals surface area contributed by atoms with Crippen LogP contribution in [0.15, 0.2) is 43.6 Å². The highest BCUT2D eigenvalue weighted by molar-refractivity contribution is 9.10. The Balaban J connectivity index is 1.37. The molecule has 4 unspecified atom stereocenters. The number of aliphatic imine (C=N–C) groups is 2. The summed E-state index contributed by atoms with van der Waals surface area (Å²) in [5.74, 6) is 0.936. The Bertz CT molecular complexity index is 943. The molecule has 0 saturated carbocycles. The van der Waals surface area contributed by atoms with Gasteiger partial charge in [0.25, 0.3) is 0 Å². The van der Waals surface area contributed by atoms with Crippen molar-refractivity contribution in [3.8, 4) is 0 Å². The summed E-state index contributed by atoms with van der Waals surface area (Å²) in [6, 6.07) is 6.83. The molecule has 2 saturated heterocycles. The third-order valence-electron chi connectivity index (χ3n) is 5.61. The molecule has 4 bridgehead atoms. The molecule has 7 nitrogen and oxygen atoms in total. The van der Waals surface area contributed by atoms with Crippen LogP contribution in [0.3, 0.4) is 0 Å². The first-order valence-corrected chi connectivity index (χ1v) is 10.8. The molecule has 5 aliphatic heterocycles. The van der Waals surface area contributed by atoms with Crippen LogP contribution in [0.1, 0.15) is 12.8 Å². The van der Waals surface area contributed by atoms with E-state index in [0.717, 1.165) is 16.7 Å². The number of benzene rings is 1. The Kier molecular flexibility index (Phi) is 3.64. The van der Waals surface area contributed by atoms with Crippen LogP contribution in [0.2, 0.25) is 0 Å². The van der Waals surface area contributed by atoms with Crippen LogP contribution in [0.4, 0.5) is 0 Å². The van der Waals surface area contributed by atoms with Crippen LogP contribution >= 0.6 is 15.9 Å². The number of amidine groups is 1. The molecule has 9 heteroatoms. The first-order chi connectivity index (χ1) is 12.4. The lowest BCUT2D eigenvalue weighted by Crippen LogP contribution is -2.54. The van der Waals surface area contributed by atoms with Crippen molar-refractivity contribution in [1.82, 2.24) is 9.21 Å². The summed E-state index contributed by atoms with van der Waals surface area (Å²) in [6.07, 6.45) is 2.51. The second-order valence-electron chi connectivity index (χ2n) is 7.16. The van der Waals surface area contributed by atoms with Crippen molar-refractivity contribution in [2.24, 2.45) is 15.9 Å². The van der Waals surface area contributed by atoms with E-state index >= 15 is 0 Å². The van der Waals surface area contributed by atoms with E-state index in [1.54, 1.807) is 28.6 Å². The van der Waals surface area contributed by atoms with Gasteiger partial charge in [-0.25, -0.2) is 13.4 Å². The van der Waals surface area contributed by atoms with Crippen molar-refractivity contribution in [1.29, 1.82) is 0 Å². The van der Waals surface area contributed by atoms with Crippen LogP contribution in [-0.2, 0) is 14.8 Å². The summed E-state index contributed by atoms with van der Waals surface area (Å²) >= 11 is 3.34. The minimum absolute atomic E-state index is 0.0514. The molecule has 5 aliphatic rings. The van der Waals surface area contributed by atoms with Crippen LogP contribution in [0.25, 0.3) is 0 Å². The zero-order valence-electron chi connectivity index (χ0n) is 13.8. The fourth-order valence-electron chi connectivity index (χ4n) is 4.36. The lowest BCUT2D eigenvalue weighted by atomic mass is 9.93. The third kappa shape index (κ3) is 2.40. The van der Waals surface area contributed by atoms with Gasteiger partial charge in [-0.15, -0.1) is 0 Å². The number of hydrogen-bond acceptors (Lipinski definition) is 6. The number of fused-ring (bicyclic) bond motifs is 3. The summed E-state index contributed by atoms with van der Waals surface area (Å²) in [4.78, 5) is 23.0. The largest absolute Gasteiger partial charge is 0.354 e. The molecule has 0 spiro atoms. The maximum absolute atomic E-state index is 13.0. The highest BCUT2D eigenvalue weighted by Gasteiger charge is 2.51. The number of ketones is 1. The van der Waals surface area contributed by atoms with Gasteiger partial charge in [0.1, 0.15) is 5.84 Å². The molecule has 6 rings (SSSR count). The second kappa shape index (κ2) is 5.71. The molecule has 26 heavy (non-hydrogen) atoms. The molecule has 5 heterocycles. The lowest BCUT2D eigenvalue weighted by molar-refractivity contribution is -0.121. The van der Waals surface area contributed by atoms with Gasteiger partial charge in [-0.3, -0.25) is 9.79 Å². The zero-order valence-corrected chi connectivity index (χ0v) is 16.2. The van der Waals surface area contributed by atoms with Crippen molar-refractivity contribution in [3.05, 3.63) is 28.7 Å². The molecule has 0 N–H and O–H groups in total. The van der Waals surface area contributed by atoms with E-state index in [4.69, 9.17) is 0 Å². The van der Waals surface area contributed by atoms with Crippen LogP contribution in [0.5, 0.6) is 0 Å². The number of likely N-dealkylation sites (tertiary alicyclic amines) is 1. The van der Waals surface area contributed by atoms with E-state index in [0.29, 0.717) is 24.4 Å². The highest BCUT2D eigenvalue weighted by atomic mass is 79.9. The second-order valence-corrected chi connectivity index (χ2v) is 9.97. The molecule has 136 valence electrons. The highest BCUT2D eigenvalue weighted by Crippen LogP contribution is 2.37. The fraction of sp³-hybridized carbons (Fsp3) is 0.471. The van der Waals surface area contributed by atoms with E-state index in [9.17, 15) is 13.2 Å². The Hall–Kier alpha value is -1.58. The molecule has 0 radical (unpaired) electrons. The standard InChI is InChI=1S/C17H17BrN4O3S/c18-11-1-3-14(4-2-11)26(24,25)22-9-12-6-13(22)8-21(12)17-10-5-15(23)16(20-17)19-7-10/h1-4,7,10,12-13,16H,5-6,8-9H2. The van der Waals surface area contributed by atoms with Crippen molar-refractivity contribution in [3.63, 3.8) is 0 Å². The topological polar surface area (TPSA) is 82.4 Å². The van der Waals surface area contributed by atoms with Crippen molar-refractivity contribution >= 4 is 43.8 Å².